The normalized spacial score (nSPS) is 16.8. The maximum Gasteiger partial charge on any atom is 0.138 e. The lowest BCUT2D eigenvalue weighted by Crippen LogP contribution is -2.59. The third-order valence-corrected chi connectivity index (χ3v) is 4.07. The van der Waals surface area contributed by atoms with E-state index in [0.717, 1.165) is 25.2 Å². The Morgan fingerprint density at radius 1 is 1.50 bits per heavy atom. The first kappa shape index (κ1) is 15.1. The van der Waals surface area contributed by atoms with E-state index in [9.17, 15) is 0 Å². The number of nitrogens with two attached hydrogens (primary N) is 1. The van der Waals surface area contributed by atoms with Crippen molar-refractivity contribution in [1.29, 1.82) is 0 Å². The maximum atomic E-state index is 5.75. The van der Waals surface area contributed by atoms with Gasteiger partial charge in [0.2, 0.25) is 0 Å². The summed E-state index contributed by atoms with van der Waals surface area (Å²) in [4.78, 5) is 6.53. The molecule has 0 saturated carbocycles. The molecule has 18 heavy (non-hydrogen) atoms. The lowest BCUT2D eigenvalue weighted by atomic mass is 9.86. The van der Waals surface area contributed by atoms with Crippen LogP contribution in [-0.2, 0) is 13.0 Å². The first-order valence-corrected chi connectivity index (χ1v) is 6.49. The van der Waals surface area contributed by atoms with Gasteiger partial charge >= 0.3 is 0 Å². The molecule has 2 unspecified atom stereocenters. The molecule has 0 amide bonds. The van der Waals surface area contributed by atoms with E-state index in [4.69, 9.17) is 5.84 Å². The van der Waals surface area contributed by atoms with Gasteiger partial charge in [0.15, 0.2) is 0 Å². The molecule has 0 aliphatic rings. The van der Waals surface area contributed by atoms with Gasteiger partial charge < -0.3 is 4.90 Å². The number of rotatable bonds is 7. The van der Waals surface area contributed by atoms with Gasteiger partial charge in [-0.1, -0.05) is 6.92 Å². The predicted octanol–water partition coefficient (Wildman–Crippen LogP) is 0.403. The minimum absolute atomic E-state index is 0.0146. The molecule has 6 nitrogen and oxygen atoms in total. The molecule has 6 heteroatoms. The van der Waals surface area contributed by atoms with Crippen LogP contribution < -0.4 is 11.3 Å². The van der Waals surface area contributed by atoms with Gasteiger partial charge in [0, 0.05) is 24.5 Å². The molecule has 3 N–H and O–H groups in total. The number of hydrogen-bond donors (Lipinski definition) is 2. The average molecular weight is 254 g/mol. The van der Waals surface area contributed by atoms with Crippen LogP contribution in [0.4, 0.5) is 0 Å². The van der Waals surface area contributed by atoms with Crippen LogP contribution in [0.25, 0.3) is 0 Å². The van der Waals surface area contributed by atoms with E-state index >= 15 is 0 Å². The summed E-state index contributed by atoms with van der Waals surface area (Å²) in [5, 5.41) is 4.20. The average Bonchev–Trinajstić information content (AvgIpc) is 2.81. The number of nitrogens with zero attached hydrogens (tertiary/aromatic N) is 4. The summed E-state index contributed by atoms with van der Waals surface area (Å²) < 4.78 is 1.91. The zero-order chi connectivity index (χ0) is 13.8. The minimum Gasteiger partial charge on any atom is -0.302 e. The van der Waals surface area contributed by atoms with Crippen molar-refractivity contribution in [2.75, 3.05) is 14.1 Å². The fourth-order valence-corrected chi connectivity index (χ4v) is 2.23. The largest absolute Gasteiger partial charge is 0.302 e. The topological polar surface area (TPSA) is 72.0 Å². The molecule has 0 aliphatic carbocycles. The molecule has 0 spiro atoms. The zero-order valence-electron chi connectivity index (χ0n) is 12.1. The molecule has 0 bridgehead atoms. The smallest absolute Gasteiger partial charge is 0.138 e. The minimum atomic E-state index is -0.0146. The summed E-state index contributed by atoms with van der Waals surface area (Å²) in [6, 6.07) is 0.131. The highest BCUT2D eigenvalue weighted by Gasteiger charge is 2.35. The van der Waals surface area contributed by atoms with Crippen molar-refractivity contribution in [3.63, 3.8) is 0 Å². The lowest BCUT2D eigenvalue weighted by molar-refractivity contribution is 0.111. The van der Waals surface area contributed by atoms with Gasteiger partial charge in [0.05, 0.1) is 0 Å². The van der Waals surface area contributed by atoms with Crippen molar-refractivity contribution >= 4 is 0 Å². The fraction of sp³-hybridized carbons (Fsp3) is 0.833. The van der Waals surface area contributed by atoms with Crippen LogP contribution in [0.15, 0.2) is 6.33 Å². The van der Waals surface area contributed by atoms with E-state index in [1.54, 1.807) is 6.33 Å². The van der Waals surface area contributed by atoms with Crippen LogP contribution in [-0.4, -0.2) is 45.3 Å². The van der Waals surface area contributed by atoms with Gasteiger partial charge in [-0.2, -0.15) is 5.10 Å². The molecule has 0 saturated heterocycles. The summed E-state index contributed by atoms with van der Waals surface area (Å²) in [6.07, 6.45) is 3.38. The molecular formula is C12H26N6. The van der Waals surface area contributed by atoms with E-state index in [1.165, 1.54) is 0 Å². The summed E-state index contributed by atoms with van der Waals surface area (Å²) >= 11 is 0. The van der Waals surface area contributed by atoms with Crippen LogP contribution in [0, 0.1) is 0 Å². The molecule has 2 atom stereocenters. The zero-order valence-corrected chi connectivity index (χ0v) is 12.1. The number of hydrazine groups is 1. The molecule has 0 aromatic carbocycles. The molecule has 0 radical (unpaired) electrons. The van der Waals surface area contributed by atoms with Crippen LogP contribution in [0.5, 0.6) is 0 Å². The lowest BCUT2D eigenvalue weighted by Gasteiger charge is -2.42. The number of aryl methyl sites for hydroxylation is 1. The van der Waals surface area contributed by atoms with Crippen molar-refractivity contribution < 1.29 is 0 Å². The summed E-state index contributed by atoms with van der Waals surface area (Å²) in [5.41, 5.74) is 2.93. The Hall–Kier alpha value is -0.980. The Kier molecular flexibility index (Phi) is 5.25. The molecule has 1 aromatic rings. The van der Waals surface area contributed by atoms with E-state index in [2.05, 4.69) is 55.3 Å². The molecule has 1 heterocycles. The Morgan fingerprint density at radius 2 is 2.17 bits per heavy atom. The SMILES string of the molecule is CCn1ncnc1CC(NN)C(C)(CC)N(C)C. The number of aromatic nitrogens is 3. The van der Waals surface area contributed by atoms with Crippen molar-refractivity contribution in [3.05, 3.63) is 12.2 Å². The van der Waals surface area contributed by atoms with Gasteiger partial charge in [-0.3, -0.25) is 16.0 Å². The monoisotopic (exact) mass is 254 g/mol. The first-order chi connectivity index (χ1) is 8.49. The Morgan fingerprint density at radius 3 is 2.61 bits per heavy atom. The highest BCUT2D eigenvalue weighted by atomic mass is 15.3. The molecule has 0 fully saturated rings. The Labute approximate surface area is 110 Å². The summed E-state index contributed by atoms with van der Waals surface area (Å²) in [6.45, 7) is 7.28. The van der Waals surface area contributed by atoms with Gasteiger partial charge in [-0.15, -0.1) is 0 Å². The molecular weight excluding hydrogens is 228 g/mol. The standard InChI is InChI=1S/C12H26N6/c1-6-12(3,17(4)5)10(16-13)8-11-14-9-15-18(11)7-2/h9-10,16H,6-8,13H2,1-5H3. The van der Waals surface area contributed by atoms with E-state index < -0.39 is 0 Å². The van der Waals surface area contributed by atoms with Crippen molar-refractivity contribution in [3.8, 4) is 0 Å². The second kappa shape index (κ2) is 6.26. The second-order valence-corrected chi connectivity index (χ2v) is 5.02. The van der Waals surface area contributed by atoms with E-state index in [0.29, 0.717) is 0 Å². The molecule has 104 valence electrons. The van der Waals surface area contributed by atoms with Gasteiger partial charge in [-0.25, -0.2) is 4.98 Å². The van der Waals surface area contributed by atoms with Crippen molar-refractivity contribution in [1.82, 2.24) is 25.1 Å². The Bertz CT molecular complexity index is 361. The quantitative estimate of drug-likeness (QED) is 0.544. The fourth-order valence-electron chi connectivity index (χ4n) is 2.23. The number of hydrogen-bond acceptors (Lipinski definition) is 5. The summed E-state index contributed by atoms with van der Waals surface area (Å²) in [5.74, 6) is 6.72. The van der Waals surface area contributed by atoms with Gasteiger partial charge in [-0.05, 0) is 34.4 Å². The first-order valence-electron chi connectivity index (χ1n) is 6.49. The maximum absolute atomic E-state index is 5.75. The Balaban J connectivity index is 2.90. The van der Waals surface area contributed by atoms with E-state index in [1.807, 2.05) is 4.68 Å². The highest BCUT2D eigenvalue weighted by molar-refractivity contribution is 5.00. The summed E-state index contributed by atoms with van der Waals surface area (Å²) in [7, 11) is 4.16. The number of likely N-dealkylation sites (N-methyl/N-ethyl adjacent to an activating group) is 1. The second-order valence-electron chi connectivity index (χ2n) is 5.02. The van der Waals surface area contributed by atoms with E-state index in [-0.39, 0.29) is 11.6 Å². The van der Waals surface area contributed by atoms with Crippen LogP contribution in [0.2, 0.25) is 0 Å². The molecule has 0 aliphatic heterocycles. The third kappa shape index (κ3) is 2.88. The van der Waals surface area contributed by atoms with Gasteiger partial charge in [0.1, 0.15) is 12.2 Å². The number of nitrogens with one attached hydrogen (secondary N) is 1. The molecule has 1 rings (SSSR count). The highest BCUT2D eigenvalue weighted by Crippen LogP contribution is 2.22. The molecule has 1 aromatic heterocycles. The predicted molar refractivity (Wildman–Crippen MR) is 72.9 cm³/mol. The van der Waals surface area contributed by atoms with Crippen LogP contribution >= 0.6 is 0 Å². The van der Waals surface area contributed by atoms with Crippen molar-refractivity contribution in [2.45, 2.75) is 51.7 Å². The van der Waals surface area contributed by atoms with Crippen molar-refractivity contribution in [2.24, 2.45) is 5.84 Å². The van der Waals surface area contributed by atoms with Crippen LogP contribution in [0.3, 0.4) is 0 Å². The van der Waals surface area contributed by atoms with Gasteiger partial charge in [0.25, 0.3) is 0 Å². The van der Waals surface area contributed by atoms with Crippen LogP contribution in [0.1, 0.15) is 33.0 Å². The third-order valence-electron chi connectivity index (χ3n) is 4.07.